The van der Waals surface area contributed by atoms with Crippen LogP contribution in [0.3, 0.4) is 0 Å². The zero-order valence-corrected chi connectivity index (χ0v) is 25.1. The second kappa shape index (κ2) is 11.9. The van der Waals surface area contributed by atoms with E-state index >= 15 is 0 Å². The second-order valence-corrected chi connectivity index (χ2v) is 13.3. The molecule has 0 atom stereocenters. The van der Waals surface area contributed by atoms with Crippen LogP contribution in [-0.2, 0) is 30.4 Å². The number of azo groups is 1. The molecule has 0 bridgehead atoms. The molecule has 5 rings (SSSR count). The van der Waals surface area contributed by atoms with E-state index in [0.717, 1.165) is 52.1 Å². The lowest BCUT2D eigenvalue weighted by molar-refractivity contribution is -0.736. The third kappa shape index (κ3) is 6.83. The fourth-order valence-electron chi connectivity index (χ4n) is 4.04. The summed E-state index contributed by atoms with van der Waals surface area (Å²) in [5.74, 6) is -0.329. The summed E-state index contributed by atoms with van der Waals surface area (Å²) in [6.45, 7) is 0. The number of hydrogen-bond donors (Lipinski definition) is 3. The first-order valence-corrected chi connectivity index (χ1v) is 16.7. The number of aromatic nitrogens is 4. The molecule has 21 heteroatoms. The molecule has 0 saturated heterocycles. The maximum absolute atomic E-state index is 12.6. The number of non-ortho nitro benzene ring substituents is 1. The summed E-state index contributed by atoms with van der Waals surface area (Å²) >= 11 is 0. The van der Waals surface area contributed by atoms with Crippen molar-refractivity contribution in [1.82, 2.24) is 15.0 Å². The van der Waals surface area contributed by atoms with E-state index in [1.54, 1.807) is 0 Å². The summed E-state index contributed by atoms with van der Waals surface area (Å²) in [5.41, 5.74) is -0.687. The van der Waals surface area contributed by atoms with E-state index in [-0.39, 0.29) is 39.8 Å². The minimum atomic E-state index is -5.04. The summed E-state index contributed by atoms with van der Waals surface area (Å²) in [6.07, 6.45) is 0. The largest absolute Gasteiger partial charge is 0.341 e. The van der Waals surface area contributed by atoms with Crippen molar-refractivity contribution in [2.24, 2.45) is 10.2 Å². The van der Waals surface area contributed by atoms with Gasteiger partial charge in [-0.2, -0.15) is 35.5 Å². The van der Waals surface area contributed by atoms with Gasteiger partial charge in [0.05, 0.1) is 31.9 Å². The van der Waals surface area contributed by atoms with Crippen LogP contribution in [0.2, 0.25) is 0 Å². The molecule has 0 aliphatic rings. The lowest BCUT2D eigenvalue weighted by Crippen LogP contribution is -2.44. The maximum atomic E-state index is 12.6. The lowest BCUT2D eigenvalue weighted by Gasteiger charge is -2.05. The molecule has 5 aromatic rings. The predicted molar refractivity (Wildman–Crippen MR) is 155 cm³/mol. The van der Waals surface area contributed by atoms with Crippen molar-refractivity contribution in [3.05, 3.63) is 101 Å². The number of nitro benzene ring substituents is 1. The minimum Gasteiger partial charge on any atom is -0.282 e. The molecule has 0 fully saturated rings. The predicted octanol–water partition coefficient (Wildman–Crippen LogP) is 3.27. The van der Waals surface area contributed by atoms with Crippen molar-refractivity contribution in [3.8, 4) is 22.8 Å². The number of tetrazole rings is 1. The van der Waals surface area contributed by atoms with Crippen LogP contribution in [0.5, 0.6) is 0 Å². The monoisotopic (exact) mass is 688 g/mol. The Morgan fingerprint density at radius 1 is 0.717 bits per heavy atom. The molecule has 0 radical (unpaired) electrons. The van der Waals surface area contributed by atoms with E-state index in [0.29, 0.717) is 0 Å². The standard InChI is InChI=1S/C25H17N7O11S3/c33-32(34)19-10-8-18(9-11-19)30-28-25(21-3-1-2-4-23(21)45(38,39)40)29-31(30)22-14-7-17(15-24(22)46(41,42)43)27-26-16-5-12-20(13-6-16)44(35,36)37/h1-15H,(H2-,35,36,37,38,39,40,41,42,43)/p+1. The number of nitro groups is 1. The molecule has 18 nitrogen and oxygen atoms in total. The van der Waals surface area contributed by atoms with Crippen LogP contribution in [0.4, 0.5) is 17.1 Å². The van der Waals surface area contributed by atoms with Gasteiger partial charge in [-0.1, -0.05) is 12.1 Å². The van der Waals surface area contributed by atoms with Crippen molar-refractivity contribution in [1.29, 1.82) is 0 Å². The molecule has 3 N–H and O–H groups in total. The minimum absolute atomic E-state index is 0.0899. The Morgan fingerprint density at radius 3 is 1.89 bits per heavy atom. The molecule has 0 aliphatic heterocycles. The zero-order valence-electron chi connectivity index (χ0n) is 22.6. The van der Waals surface area contributed by atoms with Crippen molar-refractivity contribution < 1.29 is 48.6 Å². The van der Waals surface area contributed by atoms with Crippen molar-refractivity contribution in [3.63, 3.8) is 0 Å². The van der Waals surface area contributed by atoms with Gasteiger partial charge >= 0.3 is 5.82 Å². The van der Waals surface area contributed by atoms with Gasteiger partial charge in [0.15, 0.2) is 0 Å². The van der Waals surface area contributed by atoms with Gasteiger partial charge < -0.3 is 0 Å². The lowest BCUT2D eigenvalue weighted by atomic mass is 10.2. The summed E-state index contributed by atoms with van der Waals surface area (Å²) < 4.78 is 101. The van der Waals surface area contributed by atoms with Crippen LogP contribution in [0, 0.1) is 10.1 Å². The fraction of sp³-hybridized carbons (Fsp3) is 0. The first-order valence-electron chi connectivity index (χ1n) is 12.3. The zero-order chi connectivity index (χ0) is 33.4. The first-order chi connectivity index (χ1) is 21.5. The smallest absolute Gasteiger partial charge is 0.282 e. The summed E-state index contributed by atoms with van der Waals surface area (Å²) in [7, 11) is -14.3. The third-order valence-electron chi connectivity index (χ3n) is 6.11. The van der Waals surface area contributed by atoms with E-state index < -0.39 is 50.0 Å². The van der Waals surface area contributed by atoms with Gasteiger partial charge in [-0.15, -0.1) is 0 Å². The van der Waals surface area contributed by atoms with Gasteiger partial charge in [0, 0.05) is 16.9 Å². The molecule has 4 aromatic carbocycles. The highest BCUT2D eigenvalue weighted by Gasteiger charge is 2.32. The Hall–Kier alpha value is -5.32. The molecule has 46 heavy (non-hydrogen) atoms. The molecule has 0 aliphatic carbocycles. The highest BCUT2D eigenvalue weighted by Crippen LogP contribution is 2.28. The molecule has 0 spiro atoms. The van der Waals surface area contributed by atoms with Gasteiger partial charge in [-0.25, -0.2) is 0 Å². The van der Waals surface area contributed by atoms with Gasteiger partial charge in [-0.05, 0) is 76.6 Å². The molecule has 1 heterocycles. The molecule has 0 unspecified atom stereocenters. The number of rotatable bonds is 9. The van der Waals surface area contributed by atoms with Crippen LogP contribution in [0.1, 0.15) is 0 Å². The molecule has 0 saturated carbocycles. The molecular formula is C25H18N7O11S3+. The summed E-state index contributed by atoms with van der Waals surface area (Å²) in [6, 6.07) is 17.8. The average molecular weight is 689 g/mol. The molecular weight excluding hydrogens is 671 g/mol. The molecule has 0 amide bonds. The number of hydrogen-bond acceptors (Lipinski definition) is 12. The maximum Gasteiger partial charge on any atom is 0.341 e. The van der Waals surface area contributed by atoms with Crippen LogP contribution in [-0.4, -0.2) is 58.8 Å². The van der Waals surface area contributed by atoms with Crippen LogP contribution < -0.4 is 4.80 Å². The quantitative estimate of drug-likeness (QED) is 0.0660. The third-order valence-corrected chi connectivity index (χ3v) is 8.77. The number of benzene rings is 4. The second-order valence-electron chi connectivity index (χ2n) is 9.14. The SMILES string of the molecule is O=[N+]([O-])c1ccc(-n2nc(-c3ccccc3S(=O)(=O)O)n[n+]2-c2ccc(N=Nc3ccc(S(=O)(=O)O)cc3)cc2S(=O)(=O)O)cc1. The van der Waals surface area contributed by atoms with E-state index in [1.165, 1.54) is 48.5 Å². The van der Waals surface area contributed by atoms with Gasteiger partial charge in [0.25, 0.3) is 36.0 Å². The van der Waals surface area contributed by atoms with Gasteiger partial charge in [0.1, 0.15) is 15.5 Å². The normalized spacial score (nSPS) is 12.4. The fourth-order valence-corrected chi connectivity index (χ4v) is 5.89. The molecule has 236 valence electrons. The highest BCUT2D eigenvalue weighted by molar-refractivity contribution is 7.86. The summed E-state index contributed by atoms with van der Waals surface area (Å²) in [5, 5.41) is 27.5. The van der Waals surface area contributed by atoms with E-state index in [9.17, 15) is 44.5 Å². The number of nitrogens with zero attached hydrogens (tertiary/aromatic N) is 7. The van der Waals surface area contributed by atoms with Crippen molar-refractivity contribution >= 4 is 47.4 Å². The Labute approximate surface area is 259 Å². The summed E-state index contributed by atoms with van der Waals surface area (Å²) in [4.78, 5) is 10.6. The van der Waals surface area contributed by atoms with E-state index in [4.69, 9.17) is 4.55 Å². The van der Waals surface area contributed by atoms with Crippen molar-refractivity contribution in [2.45, 2.75) is 14.7 Å². The highest BCUT2D eigenvalue weighted by atomic mass is 32.2. The topological polar surface area (TPSA) is 266 Å². The Bertz CT molecular complexity index is 2360. The van der Waals surface area contributed by atoms with Gasteiger partial charge in [-0.3, -0.25) is 23.8 Å². The first kappa shape index (κ1) is 32.1. The average Bonchev–Trinajstić information content (AvgIpc) is 3.44. The van der Waals surface area contributed by atoms with Crippen LogP contribution >= 0.6 is 0 Å². The van der Waals surface area contributed by atoms with Crippen LogP contribution in [0.15, 0.2) is 116 Å². The molecule has 1 aromatic heterocycles. The Morgan fingerprint density at radius 2 is 1.30 bits per heavy atom. The van der Waals surface area contributed by atoms with Gasteiger partial charge in [0.2, 0.25) is 5.69 Å². The van der Waals surface area contributed by atoms with E-state index in [1.807, 2.05) is 0 Å². The van der Waals surface area contributed by atoms with E-state index in [2.05, 4.69) is 20.4 Å². The van der Waals surface area contributed by atoms with Crippen LogP contribution in [0.25, 0.3) is 22.8 Å². The Balaban J connectivity index is 1.67. The Kier molecular flexibility index (Phi) is 8.29. The van der Waals surface area contributed by atoms with Crippen molar-refractivity contribution in [2.75, 3.05) is 0 Å².